The predicted octanol–water partition coefficient (Wildman–Crippen LogP) is 1.72. The van der Waals surface area contributed by atoms with Gasteiger partial charge in [-0.3, -0.25) is 9.59 Å². The van der Waals surface area contributed by atoms with Gasteiger partial charge in [0, 0.05) is 12.1 Å². The molecule has 0 unspecified atom stereocenters. The Morgan fingerprint density at radius 3 is 2.47 bits per heavy atom. The van der Waals surface area contributed by atoms with E-state index in [2.05, 4.69) is 0 Å². The molecular weight excluding hydrogens is 496 g/mol. The van der Waals surface area contributed by atoms with Crippen molar-refractivity contribution in [2.45, 2.75) is 50.8 Å². The third kappa shape index (κ3) is 5.53. The number of carbonyl (C=O) groups is 2. The third-order valence-corrected chi connectivity index (χ3v) is 6.31. The maximum atomic E-state index is 12.9. The third-order valence-electron chi connectivity index (χ3n) is 6.31. The summed E-state index contributed by atoms with van der Waals surface area (Å²) < 4.78 is 17.2. The number of esters is 1. The number of hydrogen-bond donors (Lipinski definition) is 4. The largest absolute Gasteiger partial charge is 0.507 e. The van der Waals surface area contributed by atoms with Crippen molar-refractivity contribution in [3.05, 3.63) is 81.2 Å². The van der Waals surface area contributed by atoms with Crippen molar-refractivity contribution in [1.82, 2.24) is 0 Å². The minimum absolute atomic E-state index is 0.0377. The summed E-state index contributed by atoms with van der Waals surface area (Å²) in [5.41, 5.74) is 0.345. The van der Waals surface area contributed by atoms with Gasteiger partial charge >= 0.3 is 5.97 Å². The lowest BCUT2D eigenvalue weighted by Crippen LogP contribution is -2.56. The van der Waals surface area contributed by atoms with Crippen molar-refractivity contribution in [2.75, 3.05) is 6.61 Å². The van der Waals surface area contributed by atoms with Crippen LogP contribution >= 0.6 is 0 Å². The number of aromatic hydroxyl groups is 1. The van der Waals surface area contributed by atoms with Crippen LogP contribution in [0, 0.1) is 6.92 Å². The summed E-state index contributed by atoms with van der Waals surface area (Å²) >= 11 is 0. The van der Waals surface area contributed by atoms with Crippen molar-refractivity contribution >= 4 is 28.8 Å². The van der Waals surface area contributed by atoms with E-state index in [0.717, 1.165) is 6.08 Å². The van der Waals surface area contributed by atoms with Crippen LogP contribution in [0.15, 0.2) is 57.8 Å². The number of phenols is 1. The lowest BCUT2D eigenvalue weighted by atomic mass is 9.89. The monoisotopic (exact) mass is 524 g/mol. The molecule has 1 fully saturated rings. The second-order valence-corrected chi connectivity index (χ2v) is 9.19. The van der Waals surface area contributed by atoms with Gasteiger partial charge in [-0.05, 0) is 37.1 Å². The molecule has 0 bridgehead atoms. The molecule has 1 saturated heterocycles. The number of rotatable bonds is 7. The summed E-state index contributed by atoms with van der Waals surface area (Å²) in [7, 11) is 0. The molecule has 1 aromatic heterocycles. The quantitative estimate of drug-likeness (QED) is 0.264. The molecule has 10 heteroatoms. The fraction of sp³-hybridized carbons (Fsp3) is 0.321. The molecule has 10 nitrogen and oxygen atoms in total. The van der Waals surface area contributed by atoms with E-state index >= 15 is 0 Å². The molecule has 0 spiro atoms. The summed E-state index contributed by atoms with van der Waals surface area (Å²) in [5, 5.41) is 42.2. The standard InChI is InChI=1S/C28H28O10/c1-14-10-18(31)23(26-22(14)19(32)12-17(36-26)11-15(2)30)27-28(25(35)24(34)20(13-29)37-27)38-21(33)9-8-16-6-4-3-5-7-16/h3-10,12,20,24-25,27-29,31,34-35H,11,13H2,1-2H3/t20-,24-,25+,27+,28-/m1/s1. The van der Waals surface area contributed by atoms with E-state index in [9.17, 15) is 34.8 Å². The number of phenolic OH excluding ortho intramolecular Hbond substituents is 1. The normalized spacial score (nSPS) is 23.6. The molecule has 0 amide bonds. The van der Waals surface area contributed by atoms with Gasteiger partial charge in [-0.1, -0.05) is 30.3 Å². The fourth-order valence-electron chi connectivity index (χ4n) is 4.54. The lowest BCUT2D eigenvalue weighted by molar-refractivity contribution is -0.239. The first-order valence-corrected chi connectivity index (χ1v) is 12.0. The Morgan fingerprint density at radius 1 is 1.11 bits per heavy atom. The average Bonchev–Trinajstić information content (AvgIpc) is 2.86. The second-order valence-electron chi connectivity index (χ2n) is 9.19. The number of Topliss-reactive ketones (excluding diaryl/α,β-unsaturated/α-hetero) is 1. The van der Waals surface area contributed by atoms with E-state index in [1.165, 1.54) is 25.1 Å². The maximum absolute atomic E-state index is 12.9. The van der Waals surface area contributed by atoms with E-state index in [4.69, 9.17) is 13.9 Å². The molecule has 0 radical (unpaired) electrons. The van der Waals surface area contributed by atoms with Crippen molar-refractivity contribution in [3.8, 4) is 5.75 Å². The molecule has 200 valence electrons. The smallest absolute Gasteiger partial charge is 0.331 e. The number of benzene rings is 2. The Kier molecular flexibility index (Phi) is 8.08. The van der Waals surface area contributed by atoms with E-state index in [1.807, 2.05) is 6.07 Å². The fourth-order valence-corrected chi connectivity index (χ4v) is 4.54. The zero-order valence-electron chi connectivity index (χ0n) is 20.7. The Morgan fingerprint density at radius 2 is 1.82 bits per heavy atom. The van der Waals surface area contributed by atoms with E-state index in [-0.39, 0.29) is 34.5 Å². The Balaban J connectivity index is 1.82. The Hall–Kier alpha value is -3.83. The SMILES string of the molecule is CC(=O)Cc1cc(=O)c2c(C)cc(O)c([C@@H]3O[C@H](CO)[C@@H](O)[C@H](O)[C@H]3OC(=O)C=Cc3ccccc3)c2o1. The first kappa shape index (κ1) is 27.2. The molecule has 1 aliphatic heterocycles. The van der Waals surface area contributed by atoms with Crippen LogP contribution in [0.3, 0.4) is 0 Å². The summed E-state index contributed by atoms with van der Waals surface area (Å²) in [6.45, 7) is 2.20. The molecule has 4 rings (SSSR count). The van der Waals surface area contributed by atoms with E-state index in [1.54, 1.807) is 31.2 Å². The number of fused-ring (bicyclic) bond motifs is 1. The van der Waals surface area contributed by atoms with Crippen LogP contribution in [0.4, 0.5) is 0 Å². The van der Waals surface area contributed by atoms with Gasteiger partial charge in [0.2, 0.25) is 0 Å². The van der Waals surface area contributed by atoms with Gasteiger partial charge in [0.15, 0.2) is 11.5 Å². The van der Waals surface area contributed by atoms with Gasteiger partial charge in [0.1, 0.15) is 47.3 Å². The second kappa shape index (κ2) is 11.3. The minimum Gasteiger partial charge on any atom is -0.507 e. The van der Waals surface area contributed by atoms with Gasteiger partial charge in [0.25, 0.3) is 0 Å². The summed E-state index contributed by atoms with van der Waals surface area (Å²) in [6.07, 6.45) is -5.28. The van der Waals surface area contributed by atoms with Crippen LogP contribution in [-0.4, -0.2) is 63.2 Å². The zero-order valence-corrected chi connectivity index (χ0v) is 20.7. The zero-order chi connectivity index (χ0) is 27.6. The number of aliphatic hydroxyl groups is 3. The first-order chi connectivity index (χ1) is 18.1. The van der Waals surface area contributed by atoms with E-state index < -0.39 is 54.3 Å². The maximum Gasteiger partial charge on any atom is 0.331 e. The number of aryl methyl sites for hydroxylation is 1. The van der Waals surface area contributed by atoms with Crippen LogP contribution in [0.1, 0.15) is 35.5 Å². The predicted molar refractivity (Wildman–Crippen MR) is 135 cm³/mol. The minimum atomic E-state index is -1.73. The van der Waals surface area contributed by atoms with Gasteiger partial charge in [-0.15, -0.1) is 0 Å². The number of carbonyl (C=O) groups excluding carboxylic acids is 2. The molecular formula is C28H28O10. The van der Waals surface area contributed by atoms with E-state index in [0.29, 0.717) is 11.1 Å². The van der Waals surface area contributed by atoms with Gasteiger partial charge in [0.05, 0.1) is 24.0 Å². The number of hydrogen-bond acceptors (Lipinski definition) is 10. The van der Waals surface area contributed by atoms with Crippen LogP contribution in [0.2, 0.25) is 0 Å². The van der Waals surface area contributed by atoms with Crippen LogP contribution in [-0.2, 0) is 25.5 Å². The molecule has 0 saturated carbocycles. The highest BCUT2D eigenvalue weighted by Gasteiger charge is 2.48. The Labute approximate surface area is 217 Å². The molecule has 4 N–H and O–H groups in total. The average molecular weight is 525 g/mol. The number of ether oxygens (including phenoxy) is 2. The summed E-state index contributed by atoms with van der Waals surface area (Å²) in [4.78, 5) is 37.4. The number of aliphatic hydroxyl groups excluding tert-OH is 3. The van der Waals surface area contributed by atoms with Crippen LogP contribution < -0.4 is 5.43 Å². The van der Waals surface area contributed by atoms with Gasteiger partial charge < -0.3 is 34.3 Å². The van der Waals surface area contributed by atoms with Crippen LogP contribution in [0.5, 0.6) is 5.75 Å². The molecule has 2 heterocycles. The highest BCUT2D eigenvalue weighted by atomic mass is 16.6. The topological polar surface area (TPSA) is 164 Å². The van der Waals surface area contributed by atoms with Crippen molar-refractivity contribution in [1.29, 1.82) is 0 Å². The Bertz CT molecular complexity index is 1430. The van der Waals surface area contributed by atoms with Crippen molar-refractivity contribution < 1.29 is 43.9 Å². The summed E-state index contributed by atoms with van der Waals surface area (Å²) in [6, 6.07) is 11.4. The molecule has 2 aromatic carbocycles. The molecule has 0 aliphatic carbocycles. The van der Waals surface area contributed by atoms with Crippen LogP contribution in [0.25, 0.3) is 17.0 Å². The molecule has 3 aromatic rings. The lowest BCUT2D eigenvalue weighted by Gasteiger charge is -2.42. The van der Waals surface area contributed by atoms with Gasteiger partial charge in [-0.25, -0.2) is 4.79 Å². The molecule has 38 heavy (non-hydrogen) atoms. The number of ketones is 1. The van der Waals surface area contributed by atoms with Crippen molar-refractivity contribution in [3.63, 3.8) is 0 Å². The highest BCUT2D eigenvalue weighted by Crippen LogP contribution is 2.42. The summed E-state index contributed by atoms with van der Waals surface area (Å²) in [5.74, 6) is -1.51. The van der Waals surface area contributed by atoms with Crippen molar-refractivity contribution in [2.24, 2.45) is 0 Å². The molecule has 1 aliphatic rings. The highest BCUT2D eigenvalue weighted by molar-refractivity contribution is 5.88. The van der Waals surface area contributed by atoms with Gasteiger partial charge in [-0.2, -0.15) is 0 Å². The molecule has 5 atom stereocenters. The first-order valence-electron chi connectivity index (χ1n) is 12.0.